The van der Waals surface area contributed by atoms with Gasteiger partial charge in [-0.3, -0.25) is 9.38 Å². The van der Waals surface area contributed by atoms with Crippen LogP contribution in [0.1, 0.15) is 31.2 Å². The summed E-state index contributed by atoms with van der Waals surface area (Å²) in [7, 11) is 0. The molecule has 0 unspecified atom stereocenters. The monoisotopic (exact) mass is 387 g/mol. The van der Waals surface area contributed by atoms with Gasteiger partial charge in [-0.15, -0.1) is 11.3 Å². The Kier molecular flexibility index (Phi) is 4.54. The molecule has 1 aromatic carbocycles. The van der Waals surface area contributed by atoms with Crippen molar-refractivity contribution in [3.63, 3.8) is 0 Å². The van der Waals surface area contributed by atoms with Crippen molar-refractivity contribution >= 4 is 28.5 Å². The molecule has 0 spiro atoms. The number of aromatic nitrogens is 3. The molecule has 0 aliphatic heterocycles. The minimum atomic E-state index is -0.0985. The zero-order chi connectivity index (χ0) is 19.7. The lowest BCUT2D eigenvalue weighted by molar-refractivity contribution is 0.629. The Balaban J connectivity index is 1.74. The molecule has 0 saturated heterocycles. The zero-order valence-electron chi connectivity index (χ0n) is 16.0. The number of rotatable bonds is 2. The van der Waals surface area contributed by atoms with Gasteiger partial charge in [-0.25, -0.2) is 4.98 Å². The molecular weight excluding hydrogens is 366 g/mol. The Hall–Kier alpha value is -3.30. The summed E-state index contributed by atoms with van der Waals surface area (Å²) >= 11 is 1.62. The zero-order valence-corrected chi connectivity index (χ0v) is 16.8. The highest BCUT2D eigenvalue weighted by atomic mass is 32.1. The van der Waals surface area contributed by atoms with E-state index >= 15 is 0 Å². The number of para-hydroxylation sites is 1. The molecule has 6 heteroatoms. The number of nitrogens with two attached hydrogens (primary N) is 1. The molecule has 0 fully saturated rings. The van der Waals surface area contributed by atoms with E-state index < -0.39 is 0 Å². The topological polar surface area (TPSA) is 68.2 Å². The largest absolute Gasteiger partial charge is 0.398 e. The molecule has 140 valence electrons. The van der Waals surface area contributed by atoms with Gasteiger partial charge in [0.25, 0.3) is 0 Å². The highest BCUT2D eigenvalue weighted by Crippen LogP contribution is 2.34. The van der Waals surface area contributed by atoms with Gasteiger partial charge in [0.15, 0.2) is 5.65 Å². The van der Waals surface area contributed by atoms with E-state index in [0.29, 0.717) is 5.69 Å². The van der Waals surface area contributed by atoms with Gasteiger partial charge in [-0.1, -0.05) is 24.0 Å². The number of nitrogens with one attached hydrogen (secondary N) is 1. The first-order valence-electron chi connectivity index (χ1n) is 8.98. The quantitative estimate of drug-likeness (QED) is 0.388. The number of imidazole rings is 1. The molecular formula is C22H21N5S. The number of hydrogen-bond acceptors (Lipinski definition) is 5. The van der Waals surface area contributed by atoms with E-state index in [2.05, 4.69) is 49.0 Å². The van der Waals surface area contributed by atoms with Gasteiger partial charge in [0, 0.05) is 29.2 Å². The van der Waals surface area contributed by atoms with Crippen molar-refractivity contribution in [1.29, 1.82) is 0 Å². The summed E-state index contributed by atoms with van der Waals surface area (Å²) < 4.78 is 2.03. The van der Waals surface area contributed by atoms with Crippen LogP contribution in [-0.4, -0.2) is 19.9 Å². The summed E-state index contributed by atoms with van der Waals surface area (Å²) in [5, 5.41) is 3.57. The average molecular weight is 388 g/mol. The molecule has 5 nitrogen and oxygen atoms in total. The highest BCUT2D eigenvalue weighted by molar-refractivity contribution is 7.16. The lowest BCUT2D eigenvalue weighted by atomic mass is 10.1. The van der Waals surface area contributed by atoms with E-state index in [4.69, 9.17) is 10.7 Å². The van der Waals surface area contributed by atoms with E-state index in [1.54, 1.807) is 23.7 Å². The molecule has 3 heterocycles. The van der Waals surface area contributed by atoms with Crippen LogP contribution in [0.5, 0.6) is 0 Å². The molecule has 28 heavy (non-hydrogen) atoms. The van der Waals surface area contributed by atoms with E-state index in [1.165, 1.54) is 0 Å². The van der Waals surface area contributed by atoms with Crippen LogP contribution >= 0.6 is 11.3 Å². The Bertz CT molecular complexity index is 1200. The summed E-state index contributed by atoms with van der Waals surface area (Å²) in [6.07, 6.45) is 5.46. The van der Waals surface area contributed by atoms with Crippen molar-refractivity contribution < 1.29 is 0 Å². The normalized spacial score (nSPS) is 11.2. The summed E-state index contributed by atoms with van der Waals surface area (Å²) in [5.74, 6) is 7.33. The summed E-state index contributed by atoms with van der Waals surface area (Å²) in [6.45, 7) is 6.40. The fourth-order valence-electron chi connectivity index (χ4n) is 2.83. The molecule has 0 radical (unpaired) electrons. The highest BCUT2D eigenvalue weighted by Gasteiger charge is 2.20. The van der Waals surface area contributed by atoms with Crippen LogP contribution in [0.15, 0.2) is 55.0 Å². The third-order valence-electron chi connectivity index (χ3n) is 4.04. The van der Waals surface area contributed by atoms with Crippen LogP contribution in [0.25, 0.3) is 16.2 Å². The lowest BCUT2D eigenvalue weighted by Crippen LogP contribution is -2.27. The maximum atomic E-state index is 5.98. The average Bonchev–Trinajstić information content (AvgIpc) is 3.25. The predicted molar refractivity (Wildman–Crippen MR) is 117 cm³/mol. The van der Waals surface area contributed by atoms with Gasteiger partial charge < -0.3 is 11.1 Å². The van der Waals surface area contributed by atoms with Crippen molar-refractivity contribution in [3.8, 4) is 22.4 Å². The first-order chi connectivity index (χ1) is 13.4. The SMILES string of the molecule is CC(C)(C)Nc1c(-c2ccc(C#Cc3ccccc3N)s2)nc2cnccn12. The van der Waals surface area contributed by atoms with Crippen LogP contribution in [0.2, 0.25) is 0 Å². The fourth-order valence-corrected chi connectivity index (χ4v) is 3.68. The number of hydrogen-bond donors (Lipinski definition) is 2. The minimum Gasteiger partial charge on any atom is -0.398 e. The third kappa shape index (κ3) is 3.71. The van der Waals surface area contributed by atoms with Crippen molar-refractivity contribution in [2.24, 2.45) is 0 Å². The van der Waals surface area contributed by atoms with Crippen molar-refractivity contribution in [3.05, 3.63) is 65.4 Å². The molecule has 0 amide bonds. The smallest absolute Gasteiger partial charge is 0.157 e. The first kappa shape index (κ1) is 18.1. The molecule has 3 N–H and O–H groups in total. The Morgan fingerprint density at radius 3 is 2.71 bits per heavy atom. The number of thiophene rings is 1. The molecule has 0 aliphatic carbocycles. The van der Waals surface area contributed by atoms with Crippen LogP contribution in [0.3, 0.4) is 0 Å². The van der Waals surface area contributed by atoms with Crippen molar-refractivity contribution in [1.82, 2.24) is 14.4 Å². The van der Waals surface area contributed by atoms with Gasteiger partial charge in [-0.2, -0.15) is 0 Å². The molecule has 4 aromatic rings. The maximum Gasteiger partial charge on any atom is 0.157 e. The van der Waals surface area contributed by atoms with Gasteiger partial charge in [-0.05, 0) is 45.0 Å². The van der Waals surface area contributed by atoms with Crippen molar-refractivity contribution in [2.45, 2.75) is 26.3 Å². The van der Waals surface area contributed by atoms with E-state index in [9.17, 15) is 0 Å². The molecule has 0 atom stereocenters. The second-order valence-electron chi connectivity index (χ2n) is 7.49. The van der Waals surface area contributed by atoms with Gasteiger partial charge >= 0.3 is 0 Å². The van der Waals surface area contributed by atoms with Crippen LogP contribution in [-0.2, 0) is 0 Å². The van der Waals surface area contributed by atoms with Crippen LogP contribution in [0.4, 0.5) is 11.5 Å². The Morgan fingerprint density at radius 1 is 1.11 bits per heavy atom. The lowest BCUT2D eigenvalue weighted by Gasteiger charge is -2.22. The van der Waals surface area contributed by atoms with Gasteiger partial charge in [0.1, 0.15) is 11.5 Å². The number of fused-ring (bicyclic) bond motifs is 1. The Morgan fingerprint density at radius 2 is 1.93 bits per heavy atom. The summed E-state index contributed by atoms with van der Waals surface area (Å²) in [4.78, 5) is 11.0. The molecule has 4 rings (SSSR count). The standard InChI is InChI=1S/C22H21N5S/c1-22(2,3)26-21-20(25-19-14-24-12-13-27(19)21)18-11-10-16(28-18)9-8-15-6-4-5-7-17(15)23/h4-7,10-14,26H,23H2,1-3H3. The second-order valence-corrected chi connectivity index (χ2v) is 8.57. The van der Waals surface area contributed by atoms with E-state index in [-0.39, 0.29) is 5.54 Å². The number of anilines is 2. The molecule has 0 aliphatic rings. The van der Waals surface area contributed by atoms with E-state index in [1.807, 2.05) is 40.9 Å². The molecule has 3 aromatic heterocycles. The predicted octanol–water partition coefficient (Wildman–Crippen LogP) is 4.65. The molecule has 0 bridgehead atoms. The number of benzene rings is 1. The van der Waals surface area contributed by atoms with Gasteiger partial charge in [0.05, 0.1) is 16.0 Å². The van der Waals surface area contributed by atoms with Crippen LogP contribution < -0.4 is 11.1 Å². The second kappa shape index (κ2) is 7.02. The van der Waals surface area contributed by atoms with Crippen molar-refractivity contribution in [2.75, 3.05) is 11.1 Å². The van der Waals surface area contributed by atoms with Gasteiger partial charge in [0.2, 0.25) is 0 Å². The summed E-state index contributed by atoms with van der Waals surface area (Å²) in [5.41, 5.74) is 9.12. The summed E-state index contributed by atoms with van der Waals surface area (Å²) in [6, 6.07) is 11.7. The fraction of sp³-hybridized carbons (Fsp3) is 0.182. The minimum absolute atomic E-state index is 0.0985. The Labute approximate surface area is 168 Å². The molecule has 0 saturated carbocycles. The maximum absolute atomic E-state index is 5.98. The van der Waals surface area contributed by atoms with E-state index in [0.717, 1.165) is 32.5 Å². The van der Waals surface area contributed by atoms with Crippen LogP contribution in [0, 0.1) is 11.8 Å². The third-order valence-corrected chi connectivity index (χ3v) is 5.05. The number of nitrogen functional groups attached to an aromatic ring is 1. The first-order valence-corrected chi connectivity index (χ1v) is 9.79. The number of nitrogens with zero attached hydrogens (tertiary/aromatic N) is 3.